The highest BCUT2D eigenvalue weighted by Crippen LogP contribution is 2.15. The zero-order valence-corrected chi connectivity index (χ0v) is 13.3. The van der Waals surface area contributed by atoms with Crippen LogP contribution in [-0.2, 0) is 4.79 Å². The number of nitrogens with one attached hydrogen (secondary N) is 1. The average molecular weight is 381 g/mol. The fourth-order valence-corrected chi connectivity index (χ4v) is 2.10. The van der Waals surface area contributed by atoms with Gasteiger partial charge in [-0.1, -0.05) is 25.1 Å². The summed E-state index contributed by atoms with van der Waals surface area (Å²) in [6, 6.07) is 17.1. The number of ether oxygens (including phenoxy) is 1. The first-order valence-electron chi connectivity index (χ1n) is 6.47. The Labute approximate surface area is 132 Å². The van der Waals surface area contributed by atoms with Crippen molar-refractivity contribution in [1.29, 1.82) is 0 Å². The lowest BCUT2D eigenvalue weighted by Crippen LogP contribution is -2.32. The third-order valence-corrected chi connectivity index (χ3v) is 3.52. The molecule has 20 heavy (non-hydrogen) atoms. The second kappa shape index (κ2) is 7.28. The first kappa shape index (κ1) is 14.8. The number of hydrogen-bond acceptors (Lipinski definition) is 2. The fraction of sp³-hybridized carbons (Fsp3) is 0.188. The third-order valence-electron chi connectivity index (χ3n) is 2.80. The Morgan fingerprint density at radius 2 is 1.80 bits per heavy atom. The number of halogens is 1. The molecule has 0 aromatic heterocycles. The Hall–Kier alpha value is -1.56. The van der Waals surface area contributed by atoms with Gasteiger partial charge in [-0.15, -0.1) is 0 Å². The van der Waals surface area contributed by atoms with Gasteiger partial charge in [-0.3, -0.25) is 4.79 Å². The SMILES string of the molecule is CC[C@H](Oc1ccccc1)C(=O)Nc1ccc(I)cc1. The molecule has 104 valence electrons. The van der Waals surface area contributed by atoms with Crippen molar-refractivity contribution >= 4 is 34.2 Å². The second-order valence-electron chi connectivity index (χ2n) is 4.32. The van der Waals surface area contributed by atoms with E-state index < -0.39 is 6.10 Å². The van der Waals surface area contributed by atoms with Crippen molar-refractivity contribution < 1.29 is 9.53 Å². The molecular formula is C16H16INO2. The molecule has 1 amide bonds. The smallest absolute Gasteiger partial charge is 0.265 e. The standard InChI is InChI=1S/C16H16INO2/c1-2-15(20-14-6-4-3-5-7-14)16(19)18-13-10-8-12(17)9-11-13/h3-11,15H,2H2,1H3,(H,18,19)/t15-/m0/s1. The van der Waals surface area contributed by atoms with E-state index in [1.165, 1.54) is 0 Å². The molecule has 1 N–H and O–H groups in total. The van der Waals surface area contributed by atoms with E-state index >= 15 is 0 Å². The number of benzene rings is 2. The van der Waals surface area contributed by atoms with Gasteiger partial charge < -0.3 is 10.1 Å². The maximum atomic E-state index is 12.2. The predicted octanol–water partition coefficient (Wildman–Crippen LogP) is 4.09. The summed E-state index contributed by atoms with van der Waals surface area (Å²) in [5, 5.41) is 2.87. The Morgan fingerprint density at radius 1 is 1.15 bits per heavy atom. The van der Waals surface area contributed by atoms with E-state index in [9.17, 15) is 4.79 Å². The predicted molar refractivity (Wildman–Crippen MR) is 88.9 cm³/mol. The van der Waals surface area contributed by atoms with Crippen LogP contribution in [0.3, 0.4) is 0 Å². The van der Waals surface area contributed by atoms with Gasteiger partial charge >= 0.3 is 0 Å². The molecule has 0 heterocycles. The molecule has 0 saturated heterocycles. The monoisotopic (exact) mass is 381 g/mol. The lowest BCUT2D eigenvalue weighted by atomic mass is 10.2. The van der Waals surface area contributed by atoms with Crippen molar-refractivity contribution in [3.8, 4) is 5.75 Å². The zero-order chi connectivity index (χ0) is 14.4. The largest absolute Gasteiger partial charge is 0.481 e. The molecule has 0 radical (unpaired) electrons. The third kappa shape index (κ3) is 4.23. The zero-order valence-electron chi connectivity index (χ0n) is 11.2. The molecule has 2 rings (SSSR count). The van der Waals surface area contributed by atoms with Crippen molar-refractivity contribution in [1.82, 2.24) is 0 Å². The van der Waals surface area contributed by atoms with Crippen LogP contribution < -0.4 is 10.1 Å². The van der Waals surface area contributed by atoms with Gasteiger partial charge in [0.1, 0.15) is 5.75 Å². The van der Waals surface area contributed by atoms with Gasteiger partial charge in [-0.05, 0) is 65.4 Å². The van der Waals surface area contributed by atoms with Crippen molar-refractivity contribution in [3.63, 3.8) is 0 Å². The minimum absolute atomic E-state index is 0.127. The first-order valence-corrected chi connectivity index (χ1v) is 7.55. The van der Waals surface area contributed by atoms with E-state index in [0.717, 1.165) is 9.26 Å². The quantitative estimate of drug-likeness (QED) is 0.793. The van der Waals surface area contributed by atoms with Gasteiger partial charge in [0.2, 0.25) is 0 Å². The van der Waals surface area contributed by atoms with Crippen LogP contribution in [0.25, 0.3) is 0 Å². The van der Waals surface area contributed by atoms with Gasteiger partial charge in [0.25, 0.3) is 5.91 Å². The number of hydrogen-bond donors (Lipinski definition) is 1. The molecule has 2 aromatic rings. The molecule has 3 nitrogen and oxygen atoms in total. The summed E-state index contributed by atoms with van der Waals surface area (Å²) in [5.74, 6) is 0.578. The van der Waals surface area contributed by atoms with Crippen LogP contribution in [0.1, 0.15) is 13.3 Å². The molecular weight excluding hydrogens is 365 g/mol. The normalized spacial score (nSPS) is 11.7. The van der Waals surface area contributed by atoms with Crippen LogP contribution in [0.5, 0.6) is 5.75 Å². The minimum Gasteiger partial charge on any atom is -0.481 e. The van der Waals surface area contributed by atoms with E-state index in [1.807, 2.05) is 61.5 Å². The average Bonchev–Trinajstić information content (AvgIpc) is 2.48. The Morgan fingerprint density at radius 3 is 2.40 bits per heavy atom. The number of anilines is 1. The van der Waals surface area contributed by atoms with E-state index in [0.29, 0.717) is 12.2 Å². The highest BCUT2D eigenvalue weighted by Gasteiger charge is 2.18. The fourth-order valence-electron chi connectivity index (χ4n) is 1.74. The summed E-state index contributed by atoms with van der Waals surface area (Å²) in [6.07, 6.45) is 0.127. The minimum atomic E-state index is -0.489. The maximum Gasteiger partial charge on any atom is 0.265 e. The van der Waals surface area contributed by atoms with Gasteiger partial charge in [-0.25, -0.2) is 0 Å². The summed E-state index contributed by atoms with van der Waals surface area (Å²) in [4.78, 5) is 12.2. The summed E-state index contributed by atoms with van der Waals surface area (Å²) in [7, 11) is 0. The summed E-state index contributed by atoms with van der Waals surface area (Å²) in [5.41, 5.74) is 0.783. The lowest BCUT2D eigenvalue weighted by molar-refractivity contribution is -0.122. The van der Waals surface area contributed by atoms with Gasteiger partial charge in [-0.2, -0.15) is 0 Å². The molecule has 0 aliphatic heterocycles. The van der Waals surface area contributed by atoms with Gasteiger partial charge in [0.15, 0.2) is 6.10 Å². The van der Waals surface area contributed by atoms with Gasteiger partial charge in [0.05, 0.1) is 0 Å². The highest BCUT2D eigenvalue weighted by atomic mass is 127. The van der Waals surface area contributed by atoms with Crippen LogP contribution in [0.4, 0.5) is 5.69 Å². The van der Waals surface area contributed by atoms with Gasteiger partial charge in [0, 0.05) is 9.26 Å². The van der Waals surface area contributed by atoms with Crippen LogP contribution in [0, 0.1) is 3.57 Å². The molecule has 0 aliphatic carbocycles. The molecule has 2 aromatic carbocycles. The molecule has 0 fully saturated rings. The second-order valence-corrected chi connectivity index (χ2v) is 5.57. The molecule has 0 saturated carbocycles. The van der Waals surface area contributed by atoms with E-state index in [-0.39, 0.29) is 5.91 Å². The molecule has 0 aliphatic rings. The Kier molecular flexibility index (Phi) is 5.40. The summed E-state index contributed by atoms with van der Waals surface area (Å²) in [6.45, 7) is 1.93. The van der Waals surface area contributed by atoms with Crippen molar-refractivity contribution in [2.45, 2.75) is 19.4 Å². The van der Waals surface area contributed by atoms with E-state index in [1.54, 1.807) is 0 Å². The van der Waals surface area contributed by atoms with Crippen LogP contribution >= 0.6 is 22.6 Å². The number of rotatable bonds is 5. The molecule has 1 atom stereocenters. The topological polar surface area (TPSA) is 38.3 Å². The Balaban J connectivity index is 2.00. The number of carbonyl (C=O) groups is 1. The molecule has 0 spiro atoms. The molecule has 4 heteroatoms. The Bertz CT molecular complexity index is 554. The maximum absolute atomic E-state index is 12.2. The van der Waals surface area contributed by atoms with Crippen LogP contribution in [0.2, 0.25) is 0 Å². The first-order chi connectivity index (χ1) is 9.69. The summed E-state index contributed by atoms with van der Waals surface area (Å²) < 4.78 is 6.84. The van der Waals surface area contributed by atoms with Crippen molar-refractivity contribution in [3.05, 3.63) is 58.2 Å². The highest BCUT2D eigenvalue weighted by molar-refractivity contribution is 14.1. The number of carbonyl (C=O) groups excluding carboxylic acids is 1. The van der Waals surface area contributed by atoms with Crippen molar-refractivity contribution in [2.24, 2.45) is 0 Å². The van der Waals surface area contributed by atoms with Crippen LogP contribution in [-0.4, -0.2) is 12.0 Å². The van der Waals surface area contributed by atoms with Crippen molar-refractivity contribution in [2.75, 3.05) is 5.32 Å². The molecule has 0 bridgehead atoms. The van der Waals surface area contributed by atoms with E-state index in [2.05, 4.69) is 27.9 Å². The number of amides is 1. The number of para-hydroxylation sites is 1. The van der Waals surface area contributed by atoms with E-state index in [4.69, 9.17) is 4.74 Å². The molecule has 0 unspecified atom stereocenters. The van der Waals surface area contributed by atoms with Crippen LogP contribution in [0.15, 0.2) is 54.6 Å². The summed E-state index contributed by atoms with van der Waals surface area (Å²) >= 11 is 2.23. The lowest BCUT2D eigenvalue weighted by Gasteiger charge is -2.17.